The number of nitrogens with zero attached hydrogens (tertiary/aromatic N) is 2. The first-order chi connectivity index (χ1) is 11.5. The maximum atomic E-state index is 9.12. The number of hydrogen-bond donors (Lipinski definition) is 2. The second kappa shape index (κ2) is 8.06. The van der Waals surface area contributed by atoms with Crippen LogP contribution in [0.5, 0.6) is 11.5 Å². The maximum absolute atomic E-state index is 9.12. The summed E-state index contributed by atoms with van der Waals surface area (Å²) in [5.74, 6) is 1.57. The molecule has 0 bridgehead atoms. The number of ether oxygens (including phenoxy) is 2. The Labute approximate surface area is 143 Å². The van der Waals surface area contributed by atoms with Crippen LogP contribution in [-0.4, -0.2) is 34.7 Å². The minimum absolute atomic E-state index is 0.0804. The lowest BCUT2D eigenvalue weighted by molar-refractivity contribution is 0.243. The van der Waals surface area contributed by atoms with Crippen molar-refractivity contribution in [2.24, 2.45) is 0 Å². The maximum Gasteiger partial charge on any atom is 0.143 e. The first kappa shape index (κ1) is 18.1. The zero-order valence-electron chi connectivity index (χ0n) is 15.1. The van der Waals surface area contributed by atoms with Crippen LogP contribution < -0.4 is 14.8 Å². The monoisotopic (exact) mass is 333 g/mol. The summed E-state index contributed by atoms with van der Waals surface area (Å²) in [4.78, 5) is 0. The van der Waals surface area contributed by atoms with E-state index < -0.39 is 0 Å². The van der Waals surface area contributed by atoms with E-state index in [0.717, 1.165) is 34.1 Å². The van der Waals surface area contributed by atoms with Gasteiger partial charge in [0, 0.05) is 23.9 Å². The van der Waals surface area contributed by atoms with Crippen molar-refractivity contribution in [2.75, 3.05) is 19.0 Å². The van der Waals surface area contributed by atoms with Crippen LogP contribution in [0.1, 0.15) is 30.8 Å². The topological polar surface area (TPSA) is 68.5 Å². The highest BCUT2D eigenvalue weighted by atomic mass is 16.5. The number of aliphatic hydroxyl groups is 1. The molecule has 0 aliphatic heterocycles. The van der Waals surface area contributed by atoms with Crippen molar-refractivity contribution in [2.45, 2.75) is 46.9 Å². The number of nitrogens with one attached hydrogen (secondary N) is 1. The van der Waals surface area contributed by atoms with Crippen molar-refractivity contribution < 1.29 is 14.6 Å². The van der Waals surface area contributed by atoms with Crippen LogP contribution in [0.25, 0.3) is 0 Å². The predicted octanol–water partition coefficient (Wildman–Crippen LogP) is 2.90. The summed E-state index contributed by atoms with van der Waals surface area (Å²) < 4.78 is 13.0. The third-order valence-corrected chi connectivity index (χ3v) is 3.85. The average Bonchev–Trinajstić information content (AvgIpc) is 2.80. The minimum atomic E-state index is 0.0804. The fraction of sp³-hybridized carbons (Fsp3) is 0.500. The van der Waals surface area contributed by atoms with E-state index in [4.69, 9.17) is 14.6 Å². The van der Waals surface area contributed by atoms with Gasteiger partial charge in [0.05, 0.1) is 37.7 Å². The van der Waals surface area contributed by atoms with Gasteiger partial charge in [-0.3, -0.25) is 4.68 Å². The molecule has 6 heteroatoms. The van der Waals surface area contributed by atoms with Crippen LogP contribution in [0.15, 0.2) is 18.2 Å². The van der Waals surface area contributed by atoms with E-state index in [0.29, 0.717) is 13.1 Å². The van der Waals surface area contributed by atoms with Crippen molar-refractivity contribution in [3.05, 3.63) is 35.2 Å². The summed E-state index contributed by atoms with van der Waals surface area (Å²) >= 11 is 0. The minimum Gasteiger partial charge on any atom is -0.497 e. The number of hydrogen-bond acceptors (Lipinski definition) is 5. The van der Waals surface area contributed by atoms with E-state index in [1.54, 1.807) is 7.11 Å². The lowest BCUT2D eigenvalue weighted by Gasteiger charge is -2.17. The van der Waals surface area contributed by atoms with Gasteiger partial charge >= 0.3 is 0 Å². The van der Waals surface area contributed by atoms with E-state index in [9.17, 15) is 0 Å². The molecule has 0 unspecified atom stereocenters. The van der Waals surface area contributed by atoms with E-state index in [1.165, 1.54) is 0 Å². The highest BCUT2D eigenvalue weighted by molar-refractivity contribution is 5.60. The normalized spacial score (nSPS) is 11.0. The molecule has 0 amide bonds. The van der Waals surface area contributed by atoms with Crippen molar-refractivity contribution in [3.63, 3.8) is 0 Å². The number of aromatic nitrogens is 2. The lowest BCUT2D eigenvalue weighted by Crippen LogP contribution is -2.10. The Morgan fingerprint density at radius 3 is 2.67 bits per heavy atom. The summed E-state index contributed by atoms with van der Waals surface area (Å²) in [7, 11) is 1.65. The Morgan fingerprint density at radius 2 is 2.04 bits per heavy atom. The number of methoxy groups -OCH3 is 1. The van der Waals surface area contributed by atoms with Crippen LogP contribution in [0.2, 0.25) is 0 Å². The highest BCUT2D eigenvalue weighted by Crippen LogP contribution is 2.31. The van der Waals surface area contributed by atoms with Crippen molar-refractivity contribution in [1.29, 1.82) is 0 Å². The molecule has 2 aromatic rings. The molecule has 0 fully saturated rings. The molecule has 6 nitrogen and oxygen atoms in total. The van der Waals surface area contributed by atoms with Crippen LogP contribution in [0, 0.1) is 13.8 Å². The molecule has 1 aromatic carbocycles. The van der Waals surface area contributed by atoms with Crippen LogP contribution in [0.3, 0.4) is 0 Å². The largest absolute Gasteiger partial charge is 0.497 e. The second-order valence-corrected chi connectivity index (χ2v) is 5.98. The molecular weight excluding hydrogens is 306 g/mol. The molecule has 2 rings (SSSR count). The van der Waals surface area contributed by atoms with Crippen LogP contribution in [0.4, 0.5) is 5.69 Å². The molecule has 0 aliphatic carbocycles. The van der Waals surface area contributed by atoms with Crippen molar-refractivity contribution >= 4 is 5.69 Å². The van der Waals surface area contributed by atoms with Gasteiger partial charge in [-0.15, -0.1) is 0 Å². The first-order valence-corrected chi connectivity index (χ1v) is 8.18. The number of benzene rings is 1. The Morgan fingerprint density at radius 1 is 1.29 bits per heavy atom. The predicted molar refractivity (Wildman–Crippen MR) is 94.9 cm³/mol. The highest BCUT2D eigenvalue weighted by Gasteiger charge is 2.13. The molecule has 0 aliphatic rings. The van der Waals surface area contributed by atoms with Crippen LogP contribution >= 0.6 is 0 Å². The zero-order chi connectivity index (χ0) is 17.7. The molecular formula is C18H27N3O3. The van der Waals surface area contributed by atoms with Crippen LogP contribution in [-0.2, 0) is 13.1 Å². The van der Waals surface area contributed by atoms with Gasteiger partial charge in [-0.2, -0.15) is 5.10 Å². The van der Waals surface area contributed by atoms with Gasteiger partial charge in [0.15, 0.2) is 0 Å². The molecule has 0 spiro atoms. The summed E-state index contributed by atoms with van der Waals surface area (Å²) in [5, 5.41) is 17.0. The molecule has 0 saturated carbocycles. The molecule has 1 aromatic heterocycles. The molecule has 132 valence electrons. The van der Waals surface area contributed by atoms with E-state index in [-0.39, 0.29) is 12.7 Å². The van der Waals surface area contributed by atoms with Gasteiger partial charge in [-0.05, 0) is 39.8 Å². The quantitative estimate of drug-likeness (QED) is 0.777. The summed E-state index contributed by atoms with van der Waals surface area (Å²) in [6.45, 7) is 9.22. The van der Waals surface area contributed by atoms with Crippen molar-refractivity contribution in [3.8, 4) is 11.5 Å². The summed E-state index contributed by atoms with van der Waals surface area (Å²) in [5.41, 5.74) is 4.03. The number of aliphatic hydroxyl groups excluding tert-OH is 1. The number of aryl methyl sites for hydroxylation is 1. The van der Waals surface area contributed by atoms with Gasteiger partial charge in [0.2, 0.25) is 0 Å². The summed E-state index contributed by atoms with van der Waals surface area (Å²) in [6, 6.07) is 5.73. The third-order valence-electron chi connectivity index (χ3n) is 3.85. The molecule has 0 radical (unpaired) electrons. The van der Waals surface area contributed by atoms with Gasteiger partial charge < -0.3 is 19.9 Å². The van der Waals surface area contributed by atoms with Crippen molar-refractivity contribution in [1.82, 2.24) is 9.78 Å². The van der Waals surface area contributed by atoms with E-state index >= 15 is 0 Å². The Balaban J connectivity index is 2.22. The number of anilines is 1. The fourth-order valence-corrected chi connectivity index (χ4v) is 2.62. The fourth-order valence-electron chi connectivity index (χ4n) is 2.62. The van der Waals surface area contributed by atoms with Gasteiger partial charge in [-0.25, -0.2) is 0 Å². The van der Waals surface area contributed by atoms with Gasteiger partial charge in [0.25, 0.3) is 0 Å². The lowest BCUT2D eigenvalue weighted by atomic mass is 10.2. The standard InChI is InChI=1S/C18H27N3O3/c1-12(2)24-18-7-6-15(23-5)10-17(18)19-11-16-13(3)20-21(8-9-22)14(16)4/h6-7,10,12,19,22H,8-9,11H2,1-5H3. The van der Waals surface area contributed by atoms with Gasteiger partial charge in [-0.1, -0.05) is 0 Å². The third kappa shape index (κ3) is 4.20. The zero-order valence-corrected chi connectivity index (χ0v) is 15.1. The molecule has 0 atom stereocenters. The first-order valence-electron chi connectivity index (χ1n) is 8.18. The molecule has 0 saturated heterocycles. The summed E-state index contributed by atoms with van der Waals surface area (Å²) in [6.07, 6.45) is 0.0923. The Bertz CT molecular complexity index is 680. The Hall–Kier alpha value is -2.21. The average molecular weight is 333 g/mol. The molecule has 2 N–H and O–H groups in total. The second-order valence-electron chi connectivity index (χ2n) is 5.98. The Kier molecular flexibility index (Phi) is 6.09. The molecule has 1 heterocycles. The SMILES string of the molecule is COc1ccc(OC(C)C)c(NCc2c(C)nn(CCO)c2C)c1. The van der Waals surface area contributed by atoms with E-state index in [2.05, 4.69) is 10.4 Å². The smallest absolute Gasteiger partial charge is 0.143 e. The van der Waals surface area contributed by atoms with Gasteiger partial charge in [0.1, 0.15) is 11.5 Å². The molecule has 24 heavy (non-hydrogen) atoms. The van der Waals surface area contributed by atoms with E-state index in [1.807, 2.05) is 50.6 Å². The number of rotatable bonds is 8.